The molecule has 0 aliphatic carbocycles. The zero-order valence-corrected chi connectivity index (χ0v) is 11.8. The van der Waals surface area contributed by atoms with Crippen LogP contribution >= 0.6 is 11.8 Å². The molecule has 2 aromatic rings. The van der Waals surface area contributed by atoms with E-state index in [-0.39, 0.29) is 5.91 Å². The Kier molecular flexibility index (Phi) is 3.52. The summed E-state index contributed by atoms with van der Waals surface area (Å²) in [6.07, 6.45) is 0. The first kappa shape index (κ1) is 12.9. The average Bonchev–Trinajstić information content (AvgIpc) is 2.90. The Morgan fingerprint density at radius 1 is 1.20 bits per heavy atom. The maximum Gasteiger partial charge on any atom is 0.236 e. The predicted octanol–water partition coefficient (Wildman–Crippen LogP) is 2.78. The van der Waals surface area contributed by atoms with Gasteiger partial charge in [0.2, 0.25) is 5.91 Å². The molecule has 1 N–H and O–H groups in total. The van der Waals surface area contributed by atoms with Crippen LogP contribution in [0.15, 0.2) is 52.7 Å². The van der Waals surface area contributed by atoms with E-state index in [0.717, 1.165) is 11.3 Å². The molecule has 1 aliphatic heterocycles. The molecular formula is C15H13N3OS. The second kappa shape index (κ2) is 5.46. The zero-order chi connectivity index (χ0) is 13.9. The number of thioether (sulfide) groups is 1. The fourth-order valence-corrected chi connectivity index (χ4v) is 2.60. The Labute approximate surface area is 121 Å². The molecule has 0 atom stereocenters. The number of benzene rings is 2. The third kappa shape index (κ3) is 2.72. The summed E-state index contributed by atoms with van der Waals surface area (Å²) in [7, 11) is 0. The van der Waals surface area contributed by atoms with Gasteiger partial charge in [0.15, 0.2) is 5.17 Å². The molecule has 2 aromatic carbocycles. The third-order valence-electron chi connectivity index (χ3n) is 3.04. The number of fused-ring (bicyclic) bond motifs is 1. The van der Waals surface area contributed by atoms with Crippen molar-refractivity contribution in [3.8, 4) is 0 Å². The van der Waals surface area contributed by atoms with Crippen LogP contribution in [0.2, 0.25) is 0 Å². The van der Waals surface area contributed by atoms with E-state index in [4.69, 9.17) is 0 Å². The van der Waals surface area contributed by atoms with Crippen LogP contribution in [0.1, 0.15) is 12.5 Å². The van der Waals surface area contributed by atoms with E-state index in [1.807, 2.05) is 25.1 Å². The molecular weight excluding hydrogens is 270 g/mol. The fourth-order valence-electron chi connectivity index (χ4n) is 1.97. The highest BCUT2D eigenvalue weighted by atomic mass is 32.2. The molecule has 0 radical (unpaired) electrons. The van der Waals surface area contributed by atoms with Gasteiger partial charge in [0.25, 0.3) is 0 Å². The van der Waals surface area contributed by atoms with Gasteiger partial charge in [0, 0.05) is 0 Å². The standard InChI is InChI=1S/C15H13N3OS/c1-10(17-18-15-16-14(19)9-20-15)12-7-6-11-4-2-3-5-13(11)8-12/h2-8H,9H2,1H3,(H,16,18,19)/b17-10-. The van der Waals surface area contributed by atoms with Gasteiger partial charge in [0.05, 0.1) is 11.5 Å². The topological polar surface area (TPSA) is 53.8 Å². The van der Waals surface area contributed by atoms with E-state index < -0.39 is 0 Å². The minimum Gasteiger partial charge on any atom is -0.303 e. The molecule has 1 heterocycles. The lowest BCUT2D eigenvalue weighted by atomic mass is 10.0. The molecule has 1 amide bonds. The number of rotatable bonds is 2. The van der Waals surface area contributed by atoms with Crippen LogP contribution in [-0.2, 0) is 4.79 Å². The lowest BCUT2D eigenvalue weighted by Crippen LogP contribution is -2.19. The van der Waals surface area contributed by atoms with Gasteiger partial charge in [-0.1, -0.05) is 48.2 Å². The Morgan fingerprint density at radius 3 is 2.75 bits per heavy atom. The van der Waals surface area contributed by atoms with E-state index in [1.165, 1.54) is 22.5 Å². The largest absolute Gasteiger partial charge is 0.303 e. The number of amides is 1. The molecule has 100 valence electrons. The lowest BCUT2D eigenvalue weighted by molar-refractivity contribution is -0.116. The van der Waals surface area contributed by atoms with Crippen LogP contribution in [-0.4, -0.2) is 22.5 Å². The fraction of sp³-hybridized carbons (Fsp3) is 0.133. The molecule has 20 heavy (non-hydrogen) atoms. The second-order valence-corrected chi connectivity index (χ2v) is 5.45. The van der Waals surface area contributed by atoms with Gasteiger partial charge < -0.3 is 5.32 Å². The SMILES string of the molecule is C/C(=N/N=C1\NC(=O)CS1)c1ccc2ccccc2c1. The molecule has 1 fully saturated rings. The van der Waals surface area contributed by atoms with Crippen LogP contribution in [0.3, 0.4) is 0 Å². The van der Waals surface area contributed by atoms with Crippen LogP contribution in [0, 0.1) is 0 Å². The maximum absolute atomic E-state index is 11.1. The number of hydrogen-bond acceptors (Lipinski definition) is 4. The summed E-state index contributed by atoms with van der Waals surface area (Å²) in [5, 5.41) is 13.9. The lowest BCUT2D eigenvalue weighted by Gasteiger charge is -2.02. The molecule has 0 saturated carbocycles. The summed E-state index contributed by atoms with van der Waals surface area (Å²) in [5.41, 5.74) is 1.85. The highest BCUT2D eigenvalue weighted by Crippen LogP contribution is 2.16. The third-order valence-corrected chi connectivity index (χ3v) is 3.91. The van der Waals surface area contributed by atoms with Crippen molar-refractivity contribution in [1.29, 1.82) is 0 Å². The Morgan fingerprint density at radius 2 is 2.00 bits per heavy atom. The van der Waals surface area contributed by atoms with Crippen molar-refractivity contribution in [3.05, 3.63) is 48.0 Å². The van der Waals surface area contributed by atoms with Crippen molar-refractivity contribution in [2.24, 2.45) is 10.2 Å². The number of hydrogen-bond donors (Lipinski definition) is 1. The number of carbonyl (C=O) groups is 1. The van der Waals surface area contributed by atoms with Gasteiger partial charge in [0.1, 0.15) is 0 Å². The summed E-state index contributed by atoms with van der Waals surface area (Å²) in [6, 6.07) is 14.4. The molecule has 3 rings (SSSR count). The molecule has 1 aliphatic rings. The first-order valence-corrected chi connectivity index (χ1v) is 7.25. The molecule has 0 bridgehead atoms. The molecule has 4 nitrogen and oxygen atoms in total. The molecule has 0 spiro atoms. The Balaban J connectivity index is 1.88. The van der Waals surface area contributed by atoms with Gasteiger partial charge in [-0.05, 0) is 29.3 Å². The van der Waals surface area contributed by atoms with Crippen molar-refractivity contribution in [2.75, 3.05) is 5.75 Å². The number of nitrogens with one attached hydrogen (secondary N) is 1. The van der Waals surface area contributed by atoms with Gasteiger partial charge in [-0.25, -0.2) is 0 Å². The highest BCUT2D eigenvalue weighted by molar-refractivity contribution is 8.15. The summed E-state index contributed by atoms with van der Waals surface area (Å²) in [6.45, 7) is 1.91. The summed E-state index contributed by atoms with van der Waals surface area (Å²) in [4.78, 5) is 11.1. The van der Waals surface area contributed by atoms with Gasteiger partial charge in [-0.3, -0.25) is 4.79 Å². The monoisotopic (exact) mass is 283 g/mol. The quantitative estimate of drug-likeness (QED) is 0.680. The molecule has 5 heteroatoms. The van der Waals surface area contributed by atoms with Crippen molar-refractivity contribution in [3.63, 3.8) is 0 Å². The van der Waals surface area contributed by atoms with Gasteiger partial charge in [-0.2, -0.15) is 5.10 Å². The zero-order valence-electron chi connectivity index (χ0n) is 11.0. The van der Waals surface area contributed by atoms with Crippen molar-refractivity contribution >= 4 is 39.3 Å². The number of nitrogens with zero attached hydrogens (tertiary/aromatic N) is 2. The average molecular weight is 283 g/mol. The van der Waals surface area contributed by atoms with E-state index in [2.05, 4.69) is 39.8 Å². The van der Waals surface area contributed by atoms with Crippen LogP contribution in [0.5, 0.6) is 0 Å². The maximum atomic E-state index is 11.1. The molecule has 1 saturated heterocycles. The van der Waals surface area contributed by atoms with Crippen molar-refractivity contribution in [2.45, 2.75) is 6.92 Å². The van der Waals surface area contributed by atoms with Crippen molar-refractivity contribution in [1.82, 2.24) is 5.32 Å². The number of amidine groups is 1. The summed E-state index contributed by atoms with van der Waals surface area (Å²) >= 11 is 1.37. The van der Waals surface area contributed by atoms with E-state index >= 15 is 0 Å². The van der Waals surface area contributed by atoms with E-state index in [9.17, 15) is 4.79 Å². The van der Waals surface area contributed by atoms with Crippen LogP contribution < -0.4 is 5.32 Å². The molecule has 0 aromatic heterocycles. The summed E-state index contributed by atoms with van der Waals surface area (Å²) < 4.78 is 0. The van der Waals surface area contributed by atoms with Gasteiger partial charge >= 0.3 is 0 Å². The summed E-state index contributed by atoms with van der Waals surface area (Å²) in [5.74, 6) is 0.399. The first-order valence-electron chi connectivity index (χ1n) is 6.26. The van der Waals surface area contributed by atoms with E-state index in [0.29, 0.717) is 10.9 Å². The van der Waals surface area contributed by atoms with Crippen molar-refractivity contribution < 1.29 is 4.79 Å². The minimum absolute atomic E-state index is 0.0210. The Bertz CT molecular complexity index is 737. The van der Waals surface area contributed by atoms with Crippen LogP contribution in [0.4, 0.5) is 0 Å². The highest BCUT2D eigenvalue weighted by Gasteiger charge is 2.16. The normalized spacial score (nSPS) is 17.8. The molecule has 0 unspecified atom stereocenters. The predicted molar refractivity (Wildman–Crippen MR) is 84.2 cm³/mol. The first-order chi connectivity index (χ1) is 9.72. The second-order valence-electron chi connectivity index (χ2n) is 4.49. The van der Waals surface area contributed by atoms with Crippen LogP contribution in [0.25, 0.3) is 10.8 Å². The minimum atomic E-state index is -0.0210. The Hall–Kier alpha value is -2.14. The smallest absolute Gasteiger partial charge is 0.236 e. The number of carbonyl (C=O) groups excluding carboxylic acids is 1. The van der Waals surface area contributed by atoms with Gasteiger partial charge in [-0.15, -0.1) is 5.10 Å². The van der Waals surface area contributed by atoms with E-state index in [1.54, 1.807) is 0 Å².